The maximum absolute atomic E-state index is 12.4. The van der Waals surface area contributed by atoms with E-state index in [0.717, 1.165) is 12.0 Å². The van der Waals surface area contributed by atoms with Gasteiger partial charge in [0.1, 0.15) is 0 Å². The molecule has 0 spiro atoms. The smallest absolute Gasteiger partial charge is 0.323 e. The molecule has 4 heteroatoms. The molecule has 0 heterocycles. The largest absolute Gasteiger partial charge is 0.465 e. The molecule has 21 heavy (non-hydrogen) atoms. The zero-order valence-corrected chi connectivity index (χ0v) is 13.6. The van der Waals surface area contributed by atoms with E-state index in [4.69, 9.17) is 9.47 Å². The topological polar surface area (TPSA) is 52.6 Å². The monoisotopic (exact) mass is 296 g/mol. The lowest BCUT2D eigenvalue weighted by atomic mass is 9.77. The molecule has 4 nitrogen and oxygen atoms in total. The molecule has 0 aromatic carbocycles. The first-order valence-electron chi connectivity index (χ1n) is 7.54. The van der Waals surface area contributed by atoms with Crippen LogP contribution in [0.4, 0.5) is 0 Å². The molecule has 0 aliphatic heterocycles. The van der Waals surface area contributed by atoms with Gasteiger partial charge in [0.2, 0.25) is 0 Å². The Morgan fingerprint density at radius 2 is 1.62 bits per heavy atom. The Labute approximate surface area is 128 Å². The van der Waals surface area contributed by atoms with Crippen molar-refractivity contribution in [3.63, 3.8) is 0 Å². The fourth-order valence-corrected chi connectivity index (χ4v) is 2.13. The molecule has 0 aliphatic rings. The van der Waals surface area contributed by atoms with Crippen molar-refractivity contribution < 1.29 is 19.1 Å². The Bertz CT molecular complexity index is 353. The van der Waals surface area contributed by atoms with E-state index in [2.05, 4.69) is 13.2 Å². The standard InChI is InChI=1S/C17H28O4/c1-6-9-10-12-17(13-11-14(4)5,15(18)20-7-2)16(19)21-8-3/h6H,1,4,7-13H2,2-3,5H3. The molecule has 0 rings (SSSR count). The van der Waals surface area contributed by atoms with Crippen LogP contribution in [0.3, 0.4) is 0 Å². The highest BCUT2D eigenvalue weighted by molar-refractivity contribution is 6.00. The van der Waals surface area contributed by atoms with E-state index >= 15 is 0 Å². The fourth-order valence-electron chi connectivity index (χ4n) is 2.13. The number of allylic oxidation sites excluding steroid dienone is 2. The number of carbonyl (C=O) groups is 2. The van der Waals surface area contributed by atoms with Gasteiger partial charge in [0.25, 0.3) is 0 Å². The van der Waals surface area contributed by atoms with Crippen LogP contribution in [0, 0.1) is 5.41 Å². The van der Waals surface area contributed by atoms with Gasteiger partial charge >= 0.3 is 11.9 Å². The summed E-state index contributed by atoms with van der Waals surface area (Å²) in [5, 5.41) is 0. The molecular weight excluding hydrogens is 268 g/mol. The first kappa shape index (κ1) is 19.4. The minimum atomic E-state index is -1.23. The molecule has 0 fully saturated rings. The average molecular weight is 296 g/mol. The van der Waals surface area contributed by atoms with Gasteiger partial charge in [0, 0.05) is 0 Å². The Morgan fingerprint density at radius 1 is 1.10 bits per heavy atom. The van der Waals surface area contributed by atoms with Gasteiger partial charge in [-0.1, -0.05) is 11.6 Å². The minimum Gasteiger partial charge on any atom is -0.465 e. The van der Waals surface area contributed by atoms with Gasteiger partial charge in [-0.25, -0.2) is 0 Å². The third-order valence-corrected chi connectivity index (χ3v) is 3.32. The third-order valence-electron chi connectivity index (χ3n) is 3.32. The average Bonchev–Trinajstić information content (AvgIpc) is 2.43. The van der Waals surface area contributed by atoms with Gasteiger partial charge in [-0.15, -0.1) is 13.2 Å². The SMILES string of the molecule is C=CCCCC(CCC(=C)C)(C(=O)OCC)C(=O)OCC. The Morgan fingerprint density at radius 3 is 2.00 bits per heavy atom. The zero-order valence-electron chi connectivity index (χ0n) is 13.6. The van der Waals surface area contributed by atoms with E-state index in [-0.39, 0.29) is 13.2 Å². The molecule has 0 radical (unpaired) electrons. The lowest BCUT2D eigenvalue weighted by Crippen LogP contribution is -2.42. The summed E-state index contributed by atoms with van der Waals surface area (Å²) >= 11 is 0. The number of esters is 2. The summed E-state index contributed by atoms with van der Waals surface area (Å²) in [6, 6.07) is 0. The number of carbonyl (C=O) groups excluding carboxylic acids is 2. The summed E-state index contributed by atoms with van der Waals surface area (Å²) in [4.78, 5) is 24.8. The van der Waals surface area contributed by atoms with Crippen molar-refractivity contribution in [2.75, 3.05) is 13.2 Å². The number of unbranched alkanes of at least 4 members (excludes halogenated alkanes) is 1. The second-order valence-corrected chi connectivity index (χ2v) is 5.16. The van der Waals surface area contributed by atoms with Crippen LogP contribution in [0.15, 0.2) is 24.8 Å². The molecule has 120 valence electrons. The van der Waals surface area contributed by atoms with Crippen LogP contribution in [0.25, 0.3) is 0 Å². The fraction of sp³-hybridized carbons (Fsp3) is 0.647. The number of hydrogen-bond donors (Lipinski definition) is 0. The Kier molecular flexibility index (Phi) is 9.42. The van der Waals surface area contributed by atoms with Crippen molar-refractivity contribution in [2.45, 2.75) is 52.9 Å². The summed E-state index contributed by atoms with van der Waals surface area (Å²) in [7, 11) is 0. The molecule has 0 unspecified atom stereocenters. The lowest BCUT2D eigenvalue weighted by Gasteiger charge is -2.29. The van der Waals surface area contributed by atoms with E-state index in [9.17, 15) is 9.59 Å². The summed E-state index contributed by atoms with van der Waals surface area (Å²) in [6.07, 6.45) is 4.58. The first-order chi connectivity index (χ1) is 9.94. The minimum absolute atomic E-state index is 0.245. The van der Waals surface area contributed by atoms with Gasteiger partial charge in [-0.2, -0.15) is 0 Å². The second kappa shape index (κ2) is 10.2. The Balaban J connectivity index is 5.33. The predicted molar refractivity (Wildman–Crippen MR) is 83.8 cm³/mol. The molecule has 0 amide bonds. The van der Waals surface area contributed by atoms with Crippen LogP contribution in [0.1, 0.15) is 52.9 Å². The molecule has 0 N–H and O–H groups in total. The molecule has 0 aliphatic carbocycles. The number of rotatable bonds is 11. The third kappa shape index (κ3) is 6.15. The van der Waals surface area contributed by atoms with Crippen LogP contribution < -0.4 is 0 Å². The summed E-state index contributed by atoms with van der Waals surface area (Å²) < 4.78 is 10.3. The van der Waals surface area contributed by atoms with E-state index in [1.54, 1.807) is 19.9 Å². The van der Waals surface area contributed by atoms with Crippen LogP contribution in [0.2, 0.25) is 0 Å². The van der Waals surface area contributed by atoms with Crippen LogP contribution in [0.5, 0.6) is 0 Å². The van der Waals surface area contributed by atoms with Crippen molar-refractivity contribution >= 4 is 11.9 Å². The Hall–Kier alpha value is -1.58. The van der Waals surface area contributed by atoms with Crippen LogP contribution >= 0.6 is 0 Å². The zero-order chi connectivity index (χ0) is 16.3. The van der Waals surface area contributed by atoms with E-state index in [0.29, 0.717) is 25.7 Å². The molecule has 0 bridgehead atoms. The highest BCUT2D eigenvalue weighted by Gasteiger charge is 2.47. The summed E-state index contributed by atoms with van der Waals surface area (Å²) in [6.45, 7) is 13.3. The quantitative estimate of drug-likeness (QED) is 0.252. The van der Waals surface area contributed by atoms with Gasteiger partial charge in [0.15, 0.2) is 5.41 Å². The highest BCUT2D eigenvalue weighted by Crippen LogP contribution is 2.35. The number of hydrogen-bond acceptors (Lipinski definition) is 4. The van der Waals surface area contributed by atoms with Crippen molar-refractivity contribution in [3.05, 3.63) is 24.8 Å². The van der Waals surface area contributed by atoms with E-state index in [1.165, 1.54) is 0 Å². The summed E-state index contributed by atoms with van der Waals surface area (Å²) in [5.74, 6) is -0.984. The second-order valence-electron chi connectivity index (χ2n) is 5.16. The molecule has 0 atom stereocenters. The number of ether oxygens (including phenoxy) is 2. The van der Waals surface area contributed by atoms with Gasteiger partial charge in [0.05, 0.1) is 13.2 Å². The maximum Gasteiger partial charge on any atom is 0.323 e. The predicted octanol–water partition coefficient (Wildman–Crippen LogP) is 3.81. The van der Waals surface area contributed by atoms with Crippen molar-refractivity contribution in [1.82, 2.24) is 0 Å². The van der Waals surface area contributed by atoms with Crippen molar-refractivity contribution in [1.29, 1.82) is 0 Å². The van der Waals surface area contributed by atoms with Gasteiger partial charge in [-0.3, -0.25) is 9.59 Å². The highest BCUT2D eigenvalue weighted by atomic mass is 16.6. The van der Waals surface area contributed by atoms with Gasteiger partial charge in [-0.05, 0) is 52.9 Å². The van der Waals surface area contributed by atoms with E-state index < -0.39 is 17.4 Å². The molecule has 0 aromatic rings. The van der Waals surface area contributed by atoms with Crippen LogP contribution in [-0.4, -0.2) is 25.2 Å². The normalized spacial score (nSPS) is 10.8. The summed E-state index contributed by atoms with van der Waals surface area (Å²) in [5.41, 5.74) is -0.301. The van der Waals surface area contributed by atoms with Crippen LogP contribution in [-0.2, 0) is 19.1 Å². The lowest BCUT2D eigenvalue weighted by molar-refractivity contribution is -0.173. The van der Waals surface area contributed by atoms with E-state index in [1.807, 2.05) is 6.92 Å². The first-order valence-corrected chi connectivity index (χ1v) is 7.54. The molecular formula is C17H28O4. The van der Waals surface area contributed by atoms with Crippen molar-refractivity contribution in [3.8, 4) is 0 Å². The van der Waals surface area contributed by atoms with Gasteiger partial charge < -0.3 is 9.47 Å². The molecule has 0 saturated carbocycles. The molecule has 0 saturated heterocycles. The molecule has 0 aromatic heterocycles. The maximum atomic E-state index is 12.4. The van der Waals surface area contributed by atoms with Crippen molar-refractivity contribution in [2.24, 2.45) is 5.41 Å².